The SMILES string of the molecule is CCN(Cc1ccccc1N)C1CCOC2(CCSC2)C1. The van der Waals surface area contributed by atoms with Crippen LogP contribution in [0.15, 0.2) is 24.3 Å². The third-order valence-corrected chi connectivity index (χ3v) is 6.11. The summed E-state index contributed by atoms with van der Waals surface area (Å²) in [6.07, 6.45) is 3.55. The van der Waals surface area contributed by atoms with E-state index in [9.17, 15) is 0 Å². The van der Waals surface area contributed by atoms with Crippen molar-refractivity contribution in [3.63, 3.8) is 0 Å². The van der Waals surface area contributed by atoms with E-state index < -0.39 is 0 Å². The van der Waals surface area contributed by atoms with Crippen LogP contribution in [-0.4, -0.2) is 41.2 Å². The van der Waals surface area contributed by atoms with Crippen molar-refractivity contribution in [3.8, 4) is 0 Å². The van der Waals surface area contributed by atoms with Gasteiger partial charge in [0.15, 0.2) is 0 Å². The summed E-state index contributed by atoms with van der Waals surface area (Å²) in [4.78, 5) is 2.58. The number of ether oxygens (including phenoxy) is 1. The number of thioether (sulfide) groups is 1. The Balaban J connectivity index is 1.69. The van der Waals surface area contributed by atoms with Gasteiger partial charge in [-0.05, 0) is 43.2 Å². The Labute approximate surface area is 132 Å². The summed E-state index contributed by atoms with van der Waals surface area (Å²) in [5.74, 6) is 2.43. The summed E-state index contributed by atoms with van der Waals surface area (Å²) in [6, 6.07) is 8.87. The summed E-state index contributed by atoms with van der Waals surface area (Å²) in [5.41, 5.74) is 8.43. The van der Waals surface area contributed by atoms with Gasteiger partial charge in [0, 0.05) is 30.6 Å². The molecular weight excluding hydrogens is 280 g/mol. The molecule has 2 saturated heterocycles. The van der Waals surface area contributed by atoms with Crippen molar-refractivity contribution in [3.05, 3.63) is 29.8 Å². The number of rotatable bonds is 4. The maximum absolute atomic E-state index is 6.15. The van der Waals surface area contributed by atoms with Crippen LogP contribution in [0.5, 0.6) is 0 Å². The third kappa shape index (κ3) is 3.38. The van der Waals surface area contributed by atoms with Crippen LogP contribution in [0.25, 0.3) is 0 Å². The quantitative estimate of drug-likeness (QED) is 0.867. The summed E-state index contributed by atoms with van der Waals surface area (Å²) in [6.45, 7) is 5.19. The minimum Gasteiger partial charge on any atom is -0.398 e. The van der Waals surface area contributed by atoms with E-state index in [2.05, 4.69) is 24.0 Å². The lowest BCUT2D eigenvalue weighted by molar-refractivity contribution is -0.0901. The van der Waals surface area contributed by atoms with E-state index in [1.54, 1.807) is 0 Å². The Kier molecular flexibility index (Phi) is 4.77. The fraction of sp³-hybridized carbons (Fsp3) is 0.647. The van der Waals surface area contributed by atoms with Crippen LogP contribution in [-0.2, 0) is 11.3 Å². The van der Waals surface area contributed by atoms with E-state index in [4.69, 9.17) is 10.5 Å². The number of para-hydroxylation sites is 1. The van der Waals surface area contributed by atoms with Gasteiger partial charge in [-0.2, -0.15) is 11.8 Å². The Hall–Kier alpha value is -0.710. The predicted molar refractivity (Wildman–Crippen MR) is 90.6 cm³/mol. The summed E-state index contributed by atoms with van der Waals surface area (Å²) >= 11 is 2.04. The molecule has 3 rings (SSSR count). The molecule has 1 aromatic carbocycles. The van der Waals surface area contributed by atoms with Crippen LogP contribution in [0.4, 0.5) is 5.69 Å². The van der Waals surface area contributed by atoms with Gasteiger partial charge in [0.1, 0.15) is 0 Å². The van der Waals surface area contributed by atoms with Gasteiger partial charge >= 0.3 is 0 Å². The van der Waals surface area contributed by atoms with Crippen LogP contribution in [0.1, 0.15) is 31.7 Å². The number of nitrogen functional groups attached to an aromatic ring is 1. The third-order valence-electron chi connectivity index (χ3n) is 4.89. The molecule has 2 unspecified atom stereocenters. The van der Waals surface area contributed by atoms with Gasteiger partial charge in [0.05, 0.1) is 5.60 Å². The minimum absolute atomic E-state index is 0.156. The number of hydrogen-bond donors (Lipinski definition) is 1. The Bertz CT molecular complexity index is 474. The minimum atomic E-state index is 0.156. The first-order valence-electron chi connectivity index (χ1n) is 8.01. The molecule has 4 heteroatoms. The zero-order valence-corrected chi connectivity index (χ0v) is 13.7. The molecule has 2 atom stereocenters. The zero-order valence-electron chi connectivity index (χ0n) is 12.9. The maximum Gasteiger partial charge on any atom is 0.0795 e. The zero-order chi connectivity index (χ0) is 14.7. The Morgan fingerprint density at radius 2 is 2.29 bits per heavy atom. The second-order valence-electron chi connectivity index (χ2n) is 6.24. The van der Waals surface area contributed by atoms with Crippen LogP contribution < -0.4 is 5.73 Å². The number of nitrogens with two attached hydrogens (primary N) is 1. The van der Waals surface area contributed by atoms with Crippen LogP contribution in [0.2, 0.25) is 0 Å². The molecule has 116 valence electrons. The van der Waals surface area contributed by atoms with Gasteiger partial charge in [-0.1, -0.05) is 25.1 Å². The van der Waals surface area contributed by atoms with E-state index in [0.29, 0.717) is 6.04 Å². The van der Waals surface area contributed by atoms with E-state index >= 15 is 0 Å². The van der Waals surface area contributed by atoms with Gasteiger partial charge < -0.3 is 10.5 Å². The van der Waals surface area contributed by atoms with Crippen molar-refractivity contribution in [2.24, 2.45) is 0 Å². The first-order chi connectivity index (χ1) is 10.2. The molecule has 0 radical (unpaired) electrons. The maximum atomic E-state index is 6.15. The second-order valence-corrected chi connectivity index (χ2v) is 7.35. The summed E-state index contributed by atoms with van der Waals surface area (Å²) in [5, 5.41) is 0. The normalized spacial score (nSPS) is 29.3. The van der Waals surface area contributed by atoms with Crippen LogP contribution >= 0.6 is 11.8 Å². The first-order valence-corrected chi connectivity index (χ1v) is 9.17. The van der Waals surface area contributed by atoms with Gasteiger partial charge in [-0.15, -0.1) is 0 Å². The summed E-state index contributed by atoms with van der Waals surface area (Å²) in [7, 11) is 0. The molecule has 0 aliphatic carbocycles. The highest BCUT2D eigenvalue weighted by atomic mass is 32.2. The lowest BCUT2D eigenvalue weighted by Crippen LogP contribution is -2.48. The second kappa shape index (κ2) is 6.59. The predicted octanol–water partition coefficient (Wildman–Crippen LogP) is 3.15. The molecule has 2 aliphatic rings. The van der Waals surface area contributed by atoms with Crippen LogP contribution in [0.3, 0.4) is 0 Å². The van der Waals surface area contributed by atoms with Crippen molar-refractivity contribution in [2.75, 3.05) is 30.4 Å². The molecule has 2 fully saturated rings. The fourth-order valence-electron chi connectivity index (χ4n) is 3.57. The van der Waals surface area contributed by atoms with E-state index in [-0.39, 0.29) is 5.60 Å². The molecule has 0 aromatic heterocycles. The highest BCUT2D eigenvalue weighted by Gasteiger charge is 2.41. The monoisotopic (exact) mass is 306 g/mol. The molecule has 0 saturated carbocycles. The highest BCUT2D eigenvalue weighted by molar-refractivity contribution is 7.99. The van der Waals surface area contributed by atoms with Gasteiger partial charge in [-0.3, -0.25) is 4.90 Å². The smallest absolute Gasteiger partial charge is 0.0795 e. The molecule has 21 heavy (non-hydrogen) atoms. The molecule has 2 N–H and O–H groups in total. The molecule has 1 aromatic rings. The molecule has 0 bridgehead atoms. The number of hydrogen-bond acceptors (Lipinski definition) is 4. The molecule has 2 heterocycles. The van der Waals surface area contributed by atoms with E-state index in [1.165, 1.54) is 29.9 Å². The number of benzene rings is 1. The fourth-order valence-corrected chi connectivity index (χ4v) is 4.95. The molecule has 0 amide bonds. The highest BCUT2D eigenvalue weighted by Crippen LogP contribution is 2.39. The average Bonchev–Trinajstić information content (AvgIpc) is 2.94. The largest absolute Gasteiger partial charge is 0.398 e. The Morgan fingerprint density at radius 1 is 1.43 bits per heavy atom. The molecule has 3 nitrogen and oxygen atoms in total. The molecule has 1 spiro atoms. The van der Waals surface area contributed by atoms with Crippen molar-refractivity contribution in [2.45, 2.75) is 44.4 Å². The van der Waals surface area contributed by atoms with E-state index in [1.807, 2.05) is 23.9 Å². The van der Waals surface area contributed by atoms with Crippen molar-refractivity contribution >= 4 is 17.4 Å². The molecular formula is C17H26N2OS. The number of nitrogens with zero attached hydrogens (tertiary/aromatic N) is 1. The van der Waals surface area contributed by atoms with Gasteiger partial charge in [0.2, 0.25) is 0 Å². The summed E-state index contributed by atoms with van der Waals surface area (Å²) < 4.78 is 6.15. The van der Waals surface area contributed by atoms with Crippen molar-refractivity contribution in [1.82, 2.24) is 4.90 Å². The van der Waals surface area contributed by atoms with Crippen molar-refractivity contribution < 1.29 is 4.74 Å². The van der Waals surface area contributed by atoms with Crippen molar-refractivity contribution in [1.29, 1.82) is 0 Å². The van der Waals surface area contributed by atoms with E-state index in [0.717, 1.165) is 31.8 Å². The first kappa shape index (κ1) is 15.2. The topological polar surface area (TPSA) is 38.5 Å². The number of anilines is 1. The van der Waals surface area contributed by atoms with Crippen LogP contribution in [0, 0.1) is 0 Å². The Morgan fingerprint density at radius 3 is 3.00 bits per heavy atom. The standard InChI is InChI=1S/C17H26N2OS/c1-2-19(12-14-5-3-4-6-16(14)18)15-7-9-20-17(11-15)8-10-21-13-17/h3-6,15H,2,7-13,18H2,1H3. The average molecular weight is 306 g/mol. The lowest BCUT2D eigenvalue weighted by Gasteiger charge is -2.42. The molecule has 2 aliphatic heterocycles. The van der Waals surface area contributed by atoms with Gasteiger partial charge in [0.25, 0.3) is 0 Å². The lowest BCUT2D eigenvalue weighted by atomic mass is 9.88. The van der Waals surface area contributed by atoms with Gasteiger partial charge in [-0.25, -0.2) is 0 Å².